The summed E-state index contributed by atoms with van der Waals surface area (Å²) >= 11 is 13.0. The third kappa shape index (κ3) is 9.44. The van der Waals surface area contributed by atoms with Gasteiger partial charge in [0.15, 0.2) is 0 Å². The van der Waals surface area contributed by atoms with Gasteiger partial charge in [0.1, 0.15) is 0 Å². The quantitative estimate of drug-likeness (QED) is 0.155. The highest BCUT2D eigenvalue weighted by molar-refractivity contribution is 14.1. The number of rotatable bonds is 5. The number of thiophene rings is 2. The van der Waals surface area contributed by atoms with Crippen LogP contribution < -0.4 is 4.90 Å². The average Bonchev–Trinajstić information content (AvgIpc) is 3.77. The second kappa shape index (κ2) is 18.8. The van der Waals surface area contributed by atoms with Crippen LogP contribution in [0.5, 0.6) is 0 Å². The van der Waals surface area contributed by atoms with Gasteiger partial charge in [-0.3, -0.25) is 0 Å². The summed E-state index contributed by atoms with van der Waals surface area (Å²) in [6.45, 7) is 0. The molecular formula is C50H38Br2INS2. The van der Waals surface area contributed by atoms with E-state index < -0.39 is 0 Å². The predicted molar refractivity (Wildman–Crippen MR) is 264 cm³/mol. The third-order valence-electron chi connectivity index (χ3n) is 9.18. The maximum atomic E-state index is 3.62. The van der Waals surface area contributed by atoms with Crippen LogP contribution in [0, 0.1) is 3.57 Å². The van der Waals surface area contributed by atoms with Gasteiger partial charge in [0.25, 0.3) is 0 Å². The molecule has 0 N–H and O–H groups in total. The van der Waals surface area contributed by atoms with Gasteiger partial charge in [-0.15, -0.1) is 22.7 Å². The zero-order chi connectivity index (χ0) is 37.6. The maximum Gasteiger partial charge on any atom is 0.0472 e. The topological polar surface area (TPSA) is 3.24 Å². The zero-order valence-electron chi connectivity index (χ0n) is 29.6. The van der Waals surface area contributed by atoms with Gasteiger partial charge in [0.05, 0.1) is 0 Å². The molecule has 0 aliphatic carbocycles. The molecule has 0 radical (unpaired) electrons. The Morgan fingerprint density at radius 1 is 0.393 bits per heavy atom. The predicted octanol–water partition coefficient (Wildman–Crippen LogP) is 17.6. The molecule has 276 valence electrons. The lowest BCUT2D eigenvalue weighted by atomic mass is 10.0. The Labute approximate surface area is 367 Å². The number of anilines is 3. The fraction of sp³-hybridized carbons (Fsp3) is 0.0400. The van der Waals surface area contributed by atoms with E-state index in [0.717, 1.165) is 32.4 Å². The Morgan fingerprint density at radius 2 is 0.893 bits per heavy atom. The molecule has 0 spiro atoms. The van der Waals surface area contributed by atoms with Gasteiger partial charge >= 0.3 is 0 Å². The molecule has 0 saturated carbocycles. The molecule has 0 fully saturated rings. The Kier molecular flexibility index (Phi) is 13.4. The summed E-state index contributed by atoms with van der Waals surface area (Å²) in [4.78, 5) is 2.30. The van der Waals surface area contributed by atoms with Crippen molar-refractivity contribution in [2.24, 2.45) is 0 Å². The fourth-order valence-electron chi connectivity index (χ4n) is 6.67. The molecule has 0 bridgehead atoms. The van der Waals surface area contributed by atoms with Gasteiger partial charge in [-0.1, -0.05) is 142 Å². The number of fused-ring (bicyclic) bond motifs is 6. The molecule has 0 atom stereocenters. The Morgan fingerprint density at radius 3 is 1.50 bits per heavy atom. The number of hydrogen-bond acceptors (Lipinski definition) is 3. The molecule has 10 aromatic rings. The van der Waals surface area contributed by atoms with Crippen LogP contribution in [-0.2, 0) is 6.42 Å². The van der Waals surface area contributed by atoms with E-state index in [1.165, 1.54) is 55.0 Å². The lowest BCUT2D eigenvalue weighted by Gasteiger charge is -2.25. The van der Waals surface area contributed by atoms with E-state index in [1.807, 2.05) is 34.8 Å². The molecule has 2 aromatic heterocycles. The molecule has 0 saturated heterocycles. The van der Waals surface area contributed by atoms with Gasteiger partial charge in [0.2, 0.25) is 0 Å². The van der Waals surface area contributed by atoms with Crippen molar-refractivity contribution in [2.45, 2.75) is 13.8 Å². The van der Waals surface area contributed by atoms with E-state index >= 15 is 0 Å². The molecule has 56 heavy (non-hydrogen) atoms. The van der Waals surface area contributed by atoms with Crippen LogP contribution in [-0.4, -0.2) is 0 Å². The minimum Gasteiger partial charge on any atom is -0.310 e. The van der Waals surface area contributed by atoms with Crippen molar-refractivity contribution in [1.82, 2.24) is 0 Å². The van der Waals surface area contributed by atoms with Crippen LogP contribution in [0.3, 0.4) is 0 Å². The second-order valence-electron chi connectivity index (χ2n) is 13.0. The molecule has 0 aliphatic heterocycles. The van der Waals surface area contributed by atoms with Gasteiger partial charge in [-0.2, -0.15) is 0 Å². The Balaban J connectivity index is 0.000000145. The first-order valence-electron chi connectivity index (χ1n) is 17.9. The molecule has 6 heteroatoms. The highest BCUT2D eigenvalue weighted by Crippen LogP contribution is 2.41. The minimum absolute atomic E-state index is 0. The van der Waals surface area contributed by atoms with Crippen molar-refractivity contribution in [3.63, 3.8) is 0 Å². The fourth-order valence-corrected chi connectivity index (χ4v) is 10.6. The van der Waals surface area contributed by atoms with Crippen molar-refractivity contribution in [2.75, 3.05) is 4.90 Å². The monoisotopic (exact) mass is 1000 g/mol. The van der Waals surface area contributed by atoms with Crippen LogP contribution in [0.2, 0.25) is 0 Å². The van der Waals surface area contributed by atoms with Crippen molar-refractivity contribution in [3.05, 3.63) is 218 Å². The number of nitrogens with zero attached hydrogens (tertiary/aromatic N) is 1. The van der Waals surface area contributed by atoms with Crippen molar-refractivity contribution >= 4 is 135 Å². The lowest BCUT2D eigenvalue weighted by Crippen LogP contribution is -2.09. The summed E-state index contributed by atoms with van der Waals surface area (Å²) in [5.41, 5.74) is 6.19. The maximum absolute atomic E-state index is 3.62. The van der Waals surface area contributed by atoms with E-state index in [-0.39, 0.29) is 7.43 Å². The van der Waals surface area contributed by atoms with Crippen molar-refractivity contribution in [3.8, 4) is 0 Å². The van der Waals surface area contributed by atoms with E-state index in [2.05, 4.69) is 241 Å². The summed E-state index contributed by atoms with van der Waals surface area (Å²) in [6, 6.07) is 68.7. The molecular weight excluding hydrogens is 965 g/mol. The average molecular weight is 1000 g/mol. The summed E-state index contributed by atoms with van der Waals surface area (Å²) in [5, 5.41) is 5.40. The Bertz CT molecular complexity index is 2830. The standard InChI is InChI=1S/C24H16BrNS.C19H14S.C6H4BrI.CH4/c25-17-7-6-10-19(15-17)26(18-8-2-1-3-9-18)20-13-14-24-22(16-20)21-11-4-5-12-23(21)27-24;1-2-6-14(7-3-1)12-15-10-11-19-17(13-15)16-8-4-5-9-18(16)20-19;7-5-2-1-3-6(8)4-5;/h1-16H;1-11,13H,12H2;1-4H;1H4. The smallest absolute Gasteiger partial charge is 0.0472 e. The second-order valence-corrected chi connectivity index (χ2v) is 18.2. The largest absolute Gasteiger partial charge is 0.310 e. The zero-order valence-corrected chi connectivity index (χ0v) is 36.5. The van der Waals surface area contributed by atoms with Gasteiger partial charge < -0.3 is 4.90 Å². The molecule has 0 unspecified atom stereocenters. The van der Waals surface area contributed by atoms with Gasteiger partial charge in [0, 0.05) is 69.9 Å². The molecule has 0 amide bonds. The van der Waals surface area contributed by atoms with Gasteiger partial charge in [-0.25, -0.2) is 0 Å². The van der Waals surface area contributed by atoms with Crippen molar-refractivity contribution < 1.29 is 0 Å². The van der Waals surface area contributed by atoms with E-state index in [9.17, 15) is 0 Å². The summed E-state index contributed by atoms with van der Waals surface area (Å²) < 4.78 is 8.88. The first-order valence-corrected chi connectivity index (χ1v) is 22.2. The SMILES string of the molecule is Brc1cccc(I)c1.Brc1cccc(N(c2ccccc2)c2ccc3sc4ccccc4c3c2)c1.C.c1ccc(Cc2ccc3sc4ccccc4c3c2)cc1. The van der Waals surface area contributed by atoms with Gasteiger partial charge in [-0.05, 0) is 131 Å². The van der Waals surface area contributed by atoms with Crippen LogP contribution in [0.15, 0.2) is 203 Å². The highest BCUT2D eigenvalue weighted by Gasteiger charge is 2.14. The number of hydrogen-bond donors (Lipinski definition) is 0. The molecule has 1 nitrogen and oxygen atoms in total. The number of halogens is 3. The molecule has 8 aromatic carbocycles. The van der Waals surface area contributed by atoms with Crippen LogP contribution >= 0.6 is 77.1 Å². The third-order valence-corrected chi connectivity index (χ3v) is 13.1. The molecule has 10 rings (SSSR count). The number of para-hydroxylation sites is 1. The minimum atomic E-state index is 0. The van der Waals surface area contributed by atoms with Crippen LogP contribution in [0.4, 0.5) is 17.1 Å². The number of benzene rings is 8. The highest BCUT2D eigenvalue weighted by atomic mass is 127. The molecule has 2 heterocycles. The van der Waals surface area contributed by atoms with Crippen LogP contribution in [0.1, 0.15) is 18.6 Å². The van der Waals surface area contributed by atoms with E-state index in [0.29, 0.717) is 0 Å². The summed E-state index contributed by atoms with van der Waals surface area (Å²) in [6.07, 6.45) is 1.00. The van der Waals surface area contributed by atoms with Crippen LogP contribution in [0.25, 0.3) is 40.3 Å². The van der Waals surface area contributed by atoms with Crippen molar-refractivity contribution in [1.29, 1.82) is 0 Å². The lowest BCUT2D eigenvalue weighted by molar-refractivity contribution is 1.20. The Hall–Kier alpha value is -4.31. The van der Waals surface area contributed by atoms with E-state index in [4.69, 9.17) is 0 Å². The normalized spacial score (nSPS) is 10.7. The summed E-state index contributed by atoms with van der Waals surface area (Å²) in [5.74, 6) is 0. The first kappa shape index (κ1) is 39.9. The molecule has 0 aliphatic rings. The van der Waals surface area contributed by atoms with E-state index in [1.54, 1.807) is 0 Å². The summed E-state index contributed by atoms with van der Waals surface area (Å²) in [7, 11) is 0. The first-order chi connectivity index (χ1) is 27.0.